The number of hydrogen-bond acceptors (Lipinski definition) is 4. The van der Waals surface area contributed by atoms with Gasteiger partial charge >= 0.3 is 0 Å². The van der Waals surface area contributed by atoms with Crippen LogP contribution in [0.15, 0.2) is 41.1 Å². The molecule has 2 heterocycles. The third kappa shape index (κ3) is 3.39. The number of carbonyl (C=O) groups is 1. The second-order valence-corrected chi connectivity index (χ2v) is 5.84. The maximum absolute atomic E-state index is 12.3. The lowest BCUT2D eigenvalue weighted by molar-refractivity contribution is 0.102. The monoisotopic (exact) mass is 346 g/mol. The fourth-order valence-electron chi connectivity index (χ4n) is 2.35. The first-order chi connectivity index (χ1) is 10.2. The van der Waals surface area contributed by atoms with Gasteiger partial charge in [-0.3, -0.25) is 4.79 Å². The predicted octanol–water partition coefficient (Wildman–Crippen LogP) is 3.09. The highest BCUT2D eigenvalue weighted by Gasteiger charge is 2.16. The highest BCUT2D eigenvalue weighted by Crippen LogP contribution is 2.19. The summed E-state index contributed by atoms with van der Waals surface area (Å²) in [7, 11) is 0. The summed E-state index contributed by atoms with van der Waals surface area (Å²) in [5.74, 6) is 0.595. The maximum Gasteiger partial charge on any atom is 0.274 e. The van der Waals surface area contributed by atoms with E-state index in [1.807, 2.05) is 24.3 Å². The molecule has 6 heteroatoms. The third-order valence-electron chi connectivity index (χ3n) is 3.40. The molecule has 21 heavy (non-hydrogen) atoms. The number of aromatic nitrogens is 2. The van der Waals surface area contributed by atoms with Crippen LogP contribution < -0.4 is 10.2 Å². The molecule has 1 aromatic heterocycles. The van der Waals surface area contributed by atoms with Crippen molar-refractivity contribution in [3.63, 3.8) is 0 Å². The summed E-state index contributed by atoms with van der Waals surface area (Å²) in [5, 5.41) is 2.84. The molecule has 108 valence electrons. The van der Waals surface area contributed by atoms with Gasteiger partial charge in [-0.2, -0.15) is 0 Å². The Kier molecular flexibility index (Phi) is 4.15. The average Bonchev–Trinajstić information content (AvgIpc) is 3.02. The molecule has 2 aromatic rings. The minimum Gasteiger partial charge on any atom is -0.357 e. The Bertz CT molecular complexity index is 656. The van der Waals surface area contributed by atoms with Gasteiger partial charge in [0.15, 0.2) is 0 Å². The molecule has 1 amide bonds. The molecule has 1 N–H and O–H groups in total. The lowest BCUT2D eigenvalue weighted by atomic mass is 10.3. The average molecular weight is 347 g/mol. The summed E-state index contributed by atoms with van der Waals surface area (Å²) in [6.45, 7) is 1.98. The van der Waals surface area contributed by atoms with E-state index in [9.17, 15) is 4.79 Å². The first-order valence-corrected chi connectivity index (χ1v) is 7.65. The van der Waals surface area contributed by atoms with E-state index in [1.54, 1.807) is 6.07 Å². The van der Waals surface area contributed by atoms with Gasteiger partial charge in [0.05, 0.1) is 0 Å². The summed E-state index contributed by atoms with van der Waals surface area (Å²) >= 11 is 3.38. The van der Waals surface area contributed by atoms with Crippen LogP contribution >= 0.6 is 15.9 Å². The lowest BCUT2D eigenvalue weighted by Gasteiger charge is -2.16. The molecule has 0 bridgehead atoms. The topological polar surface area (TPSA) is 58.1 Å². The number of hydrogen-bond donors (Lipinski definition) is 1. The van der Waals surface area contributed by atoms with Gasteiger partial charge < -0.3 is 10.2 Å². The standard InChI is InChI=1S/C15H15BrN4O/c16-11-4-3-5-12(8-11)19-15(21)13-9-14(18-10-17-13)20-6-1-2-7-20/h3-5,8-10H,1-2,6-7H2,(H,19,21). The van der Waals surface area contributed by atoms with Gasteiger partial charge in [0.2, 0.25) is 0 Å². The molecular formula is C15H15BrN4O. The highest BCUT2D eigenvalue weighted by molar-refractivity contribution is 9.10. The minimum atomic E-state index is -0.226. The molecule has 0 radical (unpaired) electrons. The number of anilines is 2. The zero-order chi connectivity index (χ0) is 14.7. The lowest BCUT2D eigenvalue weighted by Crippen LogP contribution is -2.21. The highest BCUT2D eigenvalue weighted by atomic mass is 79.9. The predicted molar refractivity (Wildman–Crippen MR) is 85.6 cm³/mol. The molecule has 0 spiro atoms. The number of benzene rings is 1. The second kappa shape index (κ2) is 6.22. The van der Waals surface area contributed by atoms with Crippen LogP contribution in [0, 0.1) is 0 Å². The van der Waals surface area contributed by atoms with E-state index in [0.717, 1.165) is 29.1 Å². The smallest absolute Gasteiger partial charge is 0.274 e. The van der Waals surface area contributed by atoms with Crippen molar-refractivity contribution in [1.82, 2.24) is 9.97 Å². The Hall–Kier alpha value is -1.95. The fraction of sp³-hybridized carbons (Fsp3) is 0.267. The van der Waals surface area contributed by atoms with E-state index in [0.29, 0.717) is 5.69 Å². The quantitative estimate of drug-likeness (QED) is 0.927. The van der Waals surface area contributed by atoms with Crippen molar-refractivity contribution >= 4 is 33.3 Å². The zero-order valence-electron chi connectivity index (χ0n) is 11.4. The van der Waals surface area contributed by atoms with Crippen molar-refractivity contribution < 1.29 is 4.79 Å². The van der Waals surface area contributed by atoms with Crippen LogP contribution in [0.5, 0.6) is 0 Å². The van der Waals surface area contributed by atoms with Gasteiger partial charge in [-0.05, 0) is 31.0 Å². The van der Waals surface area contributed by atoms with Crippen LogP contribution in [0.2, 0.25) is 0 Å². The largest absolute Gasteiger partial charge is 0.357 e. The molecule has 1 saturated heterocycles. The van der Waals surface area contributed by atoms with Crippen LogP contribution in [0.25, 0.3) is 0 Å². The van der Waals surface area contributed by atoms with Crippen molar-refractivity contribution in [1.29, 1.82) is 0 Å². The van der Waals surface area contributed by atoms with E-state index in [4.69, 9.17) is 0 Å². The number of nitrogens with one attached hydrogen (secondary N) is 1. The maximum atomic E-state index is 12.3. The van der Waals surface area contributed by atoms with E-state index in [-0.39, 0.29) is 5.91 Å². The van der Waals surface area contributed by atoms with E-state index in [2.05, 4.69) is 36.1 Å². The molecule has 1 aliphatic heterocycles. The molecule has 1 fully saturated rings. The van der Waals surface area contributed by atoms with Gasteiger partial charge in [0.25, 0.3) is 5.91 Å². The van der Waals surface area contributed by atoms with Gasteiger partial charge in [0.1, 0.15) is 17.8 Å². The molecule has 0 atom stereocenters. The van der Waals surface area contributed by atoms with Crippen molar-refractivity contribution in [2.75, 3.05) is 23.3 Å². The van der Waals surface area contributed by atoms with Gasteiger partial charge in [-0.15, -0.1) is 0 Å². The summed E-state index contributed by atoms with van der Waals surface area (Å²) in [4.78, 5) is 22.8. The zero-order valence-corrected chi connectivity index (χ0v) is 13.0. The molecule has 0 aliphatic carbocycles. The van der Waals surface area contributed by atoms with E-state index < -0.39 is 0 Å². The van der Waals surface area contributed by atoms with E-state index >= 15 is 0 Å². The van der Waals surface area contributed by atoms with Crippen molar-refractivity contribution in [2.24, 2.45) is 0 Å². The number of amides is 1. The fourth-order valence-corrected chi connectivity index (χ4v) is 2.75. The Morgan fingerprint density at radius 1 is 1.19 bits per heavy atom. The van der Waals surface area contributed by atoms with Gasteiger partial charge in [-0.1, -0.05) is 22.0 Å². The number of halogens is 1. The Balaban J connectivity index is 1.76. The Morgan fingerprint density at radius 3 is 2.76 bits per heavy atom. The van der Waals surface area contributed by atoms with Crippen molar-refractivity contribution in [2.45, 2.75) is 12.8 Å². The minimum absolute atomic E-state index is 0.226. The number of nitrogens with zero attached hydrogens (tertiary/aromatic N) is 3. The first-order valence-electron chi connectivity index (χ1n) is 6.86. The van der Waals surface area contributed by atoms with Crippen LogP contribution in [0.4, 0.5) is 11.5 Å². The van der Waals surface area contributed by atoms with Crippen molar-refractivity contribution in [3.8, 4) is 0 Å². The molecular weight excluding hydrogens is 332 g/mol. The summed E-state index contributed by atoms with van der Waals surface area (Å²) in [6.07, 6.45) is 3.79. The number of rotatable bonds is 3. The van der Waals surface area contributed by atoms with Gasteiger partial charge in [-0.25, -0.2) is 9.97 Å². The van der Waals surface area contributed by atoms with Crippen LogP contribution in [0.1, 0.15) is 23.3 Å². The van der Waals surface area contributed by atoms with Gasteiger partial charge in [0, 0.05) is 29.3 Å². The summed E-state index contributed by atoms with van der Waals surface area (Å²) in [6, 6.07) is 9.21. The normalized spacial score (nSPS) is 14.2. The molecule has 0 saturated carbocycles. The third-order valence-corrected chi connectivity index (χ3v) is 3.89. The molecule has 1 aliphatic rings. The summed E-state index contributed by atoms with van der Waals surface area (Å²) < 4.78 is 0.917. The SMILES string of the molecule is O=C(Nc1cccc(Br)c1)c1cc(N2CCCC2)ncn1. The van der Waals surface area contributed by atoms with E-state index in [1.165, 1.54) is 19.2 Å². The Labute approximate surface area is 131 Å². The van der Waals surface area contributed by atoms with Crippen LogP contribution in [-0.4, -0.2) is 29.0 Å². The molecule has 3 rings (SSSR count). The Morgan fingerprint density at radius 2 is 2.00 bits per heavy atom. The first kappa shape index (κ1) is 14.0. The van der Waals surface area contributed by atoms with Crippen molar-refractivity contribution in [3.05, 3.63) is 46.8 Å². The number of carbonyl (C=O) groups excluding carboxylic acids is 1. The molecule has 0 unspecified atom stereocenters. The molecule has 1 aromatic carbocycles. The summed E-state index contributed by atoms with van der Waals surface area (Å²) in [5.41, 5.74) is 1.11. The van der Waals surface area contributed by atoms with Crippen LogP contribution in [-0.2, 0) is 0 Å². The molecule has 5 nitrogen and oxygen atoms in total. The van der Waals surface area contributed by atoms with Crippen LogP contribution in [0.3, 0.4) is 0 Å². The second-order valence-electron chi connectivity index (χ2n) is 4.92.